The highest BCUT2D eigenvalue weighted by Gasteiger charge is 2.24. The first-order valence-electron chi connectivity index (χ1n) is 8.57. The van der Waals surface area contributed by atoms with Crippen molar-refractivity contribution in [1.29, 1.82) is 0 Å². The van der Waals surface area contributed by atoms with Gasteiger partial charge < -0.3 is 18.9 Å². The summed E-state index contributed by atoms with van der Waals surface area (Å²) in [5, 5.41) is 11.6. The highest BCUT2D eigenvalue weighted by molar-refractivity contribution is 6.34. The molecule has 0 aromatic heterocycles. The summed E-state index contributed by atoms with van der Waals surface area (Å²) in [6, 6.07) is 8.17. The molecular weight excluding hydrogens is 414 g/mol. The molecule has 0 radical (unpaired) electrons. The van der Waals surface area contributed by atoms with Crippen molar-refractivity contribution in [2.75, 3.05) is 28.4 Å². The number of carbonyl (C=O) groups excluding carboxylic acids is 1. The van der Waals surface area contributed by atoms with Crippen LogP contribution >= 0.6 is 11.6 Å². The van der Waals surface area contributed by atoms with Crippen molar-refractivity contribution in [3.63, 3.8) is 0 Å². The average molecular weight is 434 g/mol. The molecule has 0 bridgehead atoms. The normalized spacial score (nSPS) is 11.3. The Labute approximate surface area is 178 Å². The molecule has 2 aromatic rings. The van der Waals surface area contributed by atoms with Gasteiger partial charge in [0.15, 0.2) is 11.5 Å². The first-order chi connectivity index (χ1) is 14.4. The highest BCUT2D eigenvalue weighted by Crippen LogP contribution is 2.43. The molecule has 0 spiro atoms. The van der Waals surface area contributed by atoms with E-state index in [4.69, 9.17) is 30.5 Å². The Balaban J connectivity index is 2.65. The van der Waals surface area contributed by atoms with Crippen molar-refractivity contribution in [3.8, 4) is 11.5 Å². The average Bonchev–Trinajstić information content (AvgIpc) is 2.75. The highest BCUT2D eigenvalue weighted by atomic mass is 35.5. The second kappa shape index (κ2) is 10.3. The van der Waals surface area contributed by atoms with Gasteiger partial charge in [-0.2, -0.15) is 0 Å². The summed E-state index contributed by atoms with van der Waals surface area (Å²) in [6.07, 6.45) is 4.34. The molecule has 2 aromatic carbocycles. The number of nitro groups is 1. The monoisotopic (exact) mass is 433 g/mol. The van der Waals surface area contributed by atoms with Crippen LogP contribution in [-0.2, 0) is 14.3 Å². The fraction of sp³-hybridized carbons (Fsp3) is 0.190. The Morgan fingerprint density at radius 1 is 1.10 bits per heavy atom. The third-order valence-electron chi connectivity index (χ3n) is 4.15. The lowest BCUT2D eigenvalue weighted by Gasteiger charge is -2.12. The van der Waals surface area contributed by atoms with Crippen LogP contribution in [-0.4, -0.2) is 39.3 Å². The topological polar surface area (TPSA) is 97.1 Å². The lowest BCUT2D eigenvalue weighted by molar-refractivity contribution is -0.385. The molecule has 30 heavy (non-hydrogen) atoms. The SMILES string of the molecule is CO/C=C(/C(=O)OC)c1ccccc1/C=C/c1c([N+](=O)[O-])cc(OC)c(OC)c1Cl. The molecule has 0 N–H and O–H groups in total. The molecule has 0 saturated carbocycles. The predicted octanol–water partition coefficient (Wildman–Crippen LogP) is 4.60. The van der Waals surface area contributed by atoms with Gasteiger partial charge in [-0.1, -0.05) is 41.9 Å². The number of nitrogens with zero attached hydrogens (tertiary/aromatic N) is 1. The van der Waals surface area contributed by atoms with E-state index in [1.54, 1.807) is 30.3 Å². The third kappa shape index (κ3) is 4.72. The molecule has 2 rings (SSSR count). The molecule has 0 amide bonds. The molecule has 0 atom stereocenters. The van der Waals surface area contributed by atoms with Crippen molar-refractivity contribution in [3.05, 3.63) is 68.4 Å². The molecule has 9 heteroatoms. The van der Waals surface area contributed by atoms with Gasteiger partial charge in [0.2, 0.25) is 0 Å². The maximum absolute atomic E-state index is 12.1. The number of benzene rings is 2. The Morgan fingerprint density at radius 2 is 1.80 bits per heavy atom. The van der Waals surface area contributed by atoms with Crippen LogP contribution in [0.25, 0.3) is 17.7 Å². The van der Waals surface area contributed by atoms with E-state index >= 15 is 0 Å². The molecule has 0 fully saturated rings. The van der Waals surface area contributed by atoms with Gasteiger partial charge in [-0.25, -0.2) is 4.79 Å². The summed E-state index contributed by atoms with van der Waals surface area (Å²) in [6.45, 7) is 0. The predicted molar refractivity (Wildman–Crippen MR) is 114 cm³/mol. The van der Waals surface area contributed by atoms with Gasteiger partial charge in [0.25, 0.3) is 5.69 Å². The third-order valence-corrected chi connectivity index (χ3v) is 4.52. The number of carbonyl (C=O) groups is 1. The summed E-state index contributed by atoms with van der Waals surface area (Å²) in [7, 11) is 5.42. The van der Waals surface area contributed by atoms with Crippen LogP contribution in [0.4, 0.5) is 5.69 Å². The molecule has 0 aliphatic carbocycles. The van der Waals surface area contributed by atoms with Gasteiger partial charge in [0.1, 0.15) is 10.6 Å². The van der Waals surface area contributed by atoms with Crippen molar-refractivity contribution in [2.24, 2.45) is 0 Å². The summed E-state index contributed by atoms with van der Waals surface area (Å²) >= 11 is 6.37. The number of halogens is 1. The molecule has 0 unspecified atom stereocenters. The number of rotatable bonds is 8. The maximum atomic E-state index is 12.1. The number of nitro benzene ring substituents is 1. The quantitative estimate of drug-likeness (QED) is 0.150. The summed E-state index contributed by atoms with van der Waals surface area (Å²) in [5.74, 6) is -0.275. The fourth-order valence-electron chi connectivity index (χ4n) is 2.77. The van der Waals surface area contributed by atoms with Crippen LogP contribution in [0.3, 0.4) is 0 Å². The van der Waals surface area contributed by atoms with Crippen molar-refractivity contribution < 1.29 is 28.7 Å². The zero-order valence-electron chi connectivity index (χ0n) is 16.8. The van der Waals surface area contributed by atoms with E-state index in [-0.39, 0.29) is 33.3 Å². The van der Waals surface area contributed by atoms with Crippen molar-refractivity contribution in [2.45, 2.75) is 0 Å². The van der Waals surface area contributed by atoms with Crippen molar-refractivity contribution >= 4 is 41.0 Å². The van der Waals surface area contributed by atoms with Gasteiger partial charge in [-0.05, 0) is 17.2 Å². The van der Waals surface area contributed by atoms with Crippen LogP contribution in [0.15, 0.2) is 36.6 Å². The lowest BCUT2D eigenvalue weighted by atomic mass is 9.99. The van der Waals surface area contributed by atoms with Crippen LogP contribution in [0, 0.1) is 10.1 Å². The van der Waals surface area contributed by atoms with E-state index in [0.29, 0.717) is 11.1 Å². The Morgan fingerprint density at radius 3 is 2.37 bits per heavy atom. The smallest absolute Gasteiger partial charge is 0.341 e. The molecule has 0 aliphatic heterocycles. The largest absolute Gasteiger partial charge is 0.503 e. The lowest BCUT2D eigenvalue weighted by Crippen LogP contribution is -2.05. The fourth-order valence-corrected chi connectivity index (χ4v) is 3.10. The zero-order valence-corrected chi connectivity index (χ0v) is 17.6. The van der Waals surface area contributed by atoms with E-state index in [1.165, 1.54) is 46.8 Å². The van der Waals surface area contributed by atoms with E-state index in [0.717, 1.165) is 0 Å². The summed E-state index contributed by atoms with van der Waals surface area (Å²) in [5.41, 5.74) is 1.16. The molecule has 0 heterocycles. The Kier molecular flexibility index (Phi) is 7.83. The number of methoxy groups -OCH3 is 4. The van der Waals surface area contributed by atoms with Crippen LogP contribution < -0.4 is 9.47 Å². The van der Waals surface area contributed by atoms with E-state index in [1.807, 2.05) is 0 Å². The van der Waals surface area contributed by atoms with E-state index in [2.05, 4.69) is 0 Å². The minimum atomic E-state index is -0.590. The van der Waals surface area contributed by atoms with Crippen molar-refractivity contribution in [1.82, 2.24) is 0 Å². The number of ether oxygens (including phenoxy) is 4. The van der Waals surface area contributed by atoms with E-state index < -0.39 is 10.9 Å². The number of hydrogen-bond donors (Lipinski definition) is 0. The Bertz CT molecular complexity index is 1010. The first kappa shape index (κ1) is 22.8. The van der Waals surface area contributed by atoms with Gasteiger partial charge in [0, 0.05) is 0 Å². The second-order valence-corrected chi connectivity index (χ2v) is 6.17. The van der Waals surface area contributed by atoms with E-state index in [9.17, 15) is 14.9 Å². The van der Waals surface area contributed by atoms with Gasteiger partial charge >= 0.3 is 5.97 Å². The maximum Gasteiger partial charge on any atom is 0.341 e. The van der Waals surface area contributed by atoms with Crippen LogP contribution in [0.2, 0.25) is 5.02 Å². The van der Waals surface area contributed by atoms with Gasteiger partial charge in [-0.15, -0.1) is 0 Å². The van der Waals surface area contributed by atoms with Gasteiger partial charge in [-0.3, -0.25) is 10.1 Å². The summed E-state index contributed by atoms with van der Waals surface area (Å²) in [4.78, 5) is 23.2. The molecule has 8 nitrogen and oxygen atoms in total. The minimum absolute atomic E-state index is 0.0258. The summed E-state index contributed by atoms with van der Waals surface area (Å²) < 4.78 is 20.2. The van der Waals surface area contributed by atoms with Crippen LogP contribution in [0.5, 0.6) is 11.5 Å². The standard InChI is InChI=1S/C21H20ClNO7/c1-27-12-16(21(24)30-4)14-8-6-5-7-13(14)9-10-15-17(23(25)26)11-18(28-2)20(29-3)19(15)22/h5-12H,1-4H3/b10-9+,16-12+. The first-order valence-corrected chi connectivity index (χ1v) is 8.94. The second-order valence-electron chi connectivity index (χ2n) is 5.80. The number of hydrogen-bond acceptors (Lipinski definition) is 7. The molecule has 0 saturated heterocycles. The van der Waals surface area contributed by atoms with Gasteiger partial charge in [0.05, 0.1) is 51.3 Å². The molecular formula is C21H20ClNO7. The Hall–Kier alpha value is -3.52. The minimum Gasteiger partial charge on any atom is -0.503 e. The zero-order chi connectivity index (χ0) is 22.3. The van der Waals surface area contributed by atoms with Crippen LogP contribution in [0.1, 0.15) is 16.7 Å². The number of esters is 1. The molecule has 158 valence electrons. The molecule has 0 aliphatic rings.